The number of benzene rings is 2. The summed E-state index contributed by atoms with van der Waals surface area (Å²) in [7, 11) is 0. The molecule has 0 heterocycles. The monoisotopic (exact) mass is 423 g/mol. The summed E-state index contributed by atoms with van der Waals surface area (Å²) in [6, 6.07) is 14.4. The molecule has 2 aromatic carbocycles. The van der Waals surface area contributed by atoms with E-state index in [1.165, 1.54) is 0 Å². The van der Waals surface area contributed by atoms with Crippen molar-refractivity contribution in [3.63, 3.8) is 0 Å². The van der Waals surface area contributed by atoms with Gasteiger partial charge in [-0.2, -0.15) is 0 Å². The number of hydrogen-bond acceptors (Lipinski definition) is 3. The maximum Gasteiger partial charge on any atom is 0.255 e. The molecule has 0 aromatic heterocycles. The van der Waals surface area contributed by atoms with Crippen LogP contribution in [0.2, 0.25) is 5.02 Å². The molecule has 0 spiro atoms. The second kappa shape index (κ2) is 11.1. The standard InChI is InChI=1S/C21H26ClN3O2.ClH/c1-4-25(13-16-8-6-5-7-9-16)21(27)18-12-17(10-11-19(18)22)24-20(26)14(2)15(3)23;/h5-12,14-15H,4,13,23H2,1-3H3,(H,24,26);1H. The first-order valence-electron chi connectivity index (χ1n) is 9.02. The Morgan fingerprint density at radius 1 is 1.14 bits per heavy atom. The minimum atomic E-state index is -0.343. The van der Waals surface area contributed by atoms with Crippen molar-refractivity contribution in [1.29, 1.82) is 0 Å². The fourth-order valence-electron chi connectivity index (χ4n) is 2.56. The van der Waals surface area contributed by atoms with Crippen molar-refractivity contribution in [2.24, 2.45) is 11.7 Å². The van der Waals surface area contributed by atoms with Crippen LogP contribution in [0.4, 0.5) is 5.69 Å². The van der Waals surface area contributed by atoms with Crippen LogP contribution in [0, 0.1) is 5.92 Å². The summed E-state index contributed by atoms with van der Waals surface area (Å²) in [5.74, 6) is -0.713. The second-order valence-electron chi connectivity index (χ2n) is 6.64. The van der Waals surface area contributed by atoms with Crippen molar-refractivity contribution in [2.45, 2.75) is 33.4 Å². The van der Waals surface area contributed by atoms with E-state index in [0.29, 0.717) is 29.4 Å². The zero-order valence-electron chi connectivity index (χ0n) is 16.3. The van der Waals surface area contributed by atoms with Crippen molar-refractivity contribution in [3.05, 3.63) is 64.7 Å². The normalized spacial score (nSPS) is 12.5. The molecule has 2 atom stereocenters. The lowest BCUT2D eigenvalue weighted by Crippen LogP contribution is -2.34. The number of nitrogens with one attached hydrogen (secondary N) is 1. The first-order valence-corrected chi connectivity index (χ1v) is 9.40. The molecule has 0 aliphatic carbocycles. The minimum absolute atomic E-state index is 0. The highest BCUT2D eigenvalue weighted by Crippen LogP contribution is 2.23. The van der Waals surface area contributed by atoms with Crippen LogP contribution in [0.3, 0.4) is 0 Å². The Morgan fingerprint density at radius 3 is 2.36 bits per heavy atom. The van der Waals surface area contributed by atoms with Gasteiger partial charge < -0.3 is 16.0 Å². The number of carbonyl (C=O) groups is 2. The predicted octanol–water partition coefficient (Wildman–Crippen LogP) is 4.35. The van der Waals surface area contributed by atoms with Crippen LogP contribution < -0.4 is 11.1 Å². The van der Waals surface area contributed by atoms with Crippen LogP contribution in [0.15, 0.2) is 48.5 Å². The van der Waals surface area contributed by atoms with E-state index < -0.39 is 0 Å². The Morgan fingerprint density at radius 2 is 1.79 bits per heavy atom. The van der Waals surface area contributed by atoms with E-state index in [9.17, 15) is 9.59 Å². The predicted molar refractivity (Wildman–Crippen MR) is 117 cm³/mol. The first kappa shape index (κ1) is 24.0. The third-order valence-corrected chi connectivity index (χ3v) is 4.88. The van der Waals surface area contributed by atoms with E-state index in [1.54, 1.807) is 36.9 Å². The van der Waals surface area contributed by atoms with Gasteiger partial charge in [-0.3, -0.25) is 9.59 Å². The number of rotatable bonds is 7. The smallest absolute Gasteiger partial charge is 0.255 e. The van der Waals surface area contributed by atoms with Gasteiger partial charge in [0.15, 0.2) is 0 Å². The molecule has 2 unspecified atom stereocenters. The molecule has 3 N–H and O–H groups in total. The van der Waals surface area contributed by atoms with Gasteiger partial charge in [0.25, 0.3) is 5.91 Å². The van der Waals surface area contributed by atoms with Gasteiger partial charge in [0.05, 0.1) is 16.5 Å². The average Bonchev–Trinajstić information content (AvgIpc) is 2.67. The Kier molecular flexibility index (Phi) is 9.46. The highest BCUT2D eigenvalue weighted by Gasteiger charge is 2.20. The lowest BCUT2D eigenvalue weighted by molar-refractivity contribution is -0.119. The summed E-state index contributed by atoms with van der Waals surface area (Å²) >= 11 is 6.26. The summed E-state index contributed by atoms with van der Waals surface area (Å²) in [5.41, 5.74) is 7.71. The van der Waals surface area contributed by atoms with E-state index >= 15 is 0 Å². The maximum absolute atomic E-state index is 13.0. The van der Waals surface area contributed by atoms with E-state index in [1.807, 2.05) is 37.3 Å². The lowest BCUT2D eigenvalue weighted by Gasteiger charge is -2.22. The summed E-state index contributed by atoms with van der Waals surface area (Å²) in [6.07, 6.45) is 0. The van der Waals surface area contributed by atoms with Crippen LogP contribution in [-0.2, 0) is 11.3 Å². The lowest BCUT2D eigenvalue weighted by atomic mass is 10.0. The number of anilines is 1. The molecule has 7 heteroatoms. The quantitative estimate of drug-likeness (QED) is 0.694. The SMILES string of the molecule is CCN(Cc1ccccc1)C(=O)c1cc(NC(=O)C(C)C(C)N)ccc1Cl.Cl. The summed E-state index contributed by atoms with van der Waals surface area (Å²) in [5, 5.41) is 3.16. The molecule has 0 aliphatic heterocycles. The number of halogens is 2. The first-order chi connectivity index (χ1) is 12.8. The third-order valence-electron chi connectivity index (χ3n) is 4.55. The molecule has 152 valence electrons. The van der Waals surface area contributed by atoms with Gasteiger partial charge >= 0.3 is 0 Å². The molecular weight excluding hydrogens is 397 g/mol. The van der Waals surface area contributed by atoms with E-state index in [0.717, 1.165) is 5.56 Å². The van der Waals surface area contributed by atoms with Gasteiger partial charge in [-0.15, -0.1) is 12.4 Å². The van der Waals surface area contributed by atoms with Crippen molar-refractivity contribution >= 4 is 41.5 Å². The Balaban J connectivity index is 0.00000392. The fourth-order valence-corrected chi connectivity index (χ4v) is 2.76. The van der Waals surface area contributed by atoms with E-state index in [4.69, 9.17) is 17.3 Å². The zero-order chi connectivity index (χ0) is 20.0. The van der Waals surface area contributed by atoms with E-state index in [-0.39, 0.29) is 36.2 Å². The molecule has 2 aromatic rings. The highest BCUT2D eigenvalue weighted by atomic mass is 35.5. The topological polar surface area (TPSA) is 75.4 Å². The molecule has 2 rings (SSSR count). The van der Waals surface area contributed by atoms with Gasteiger partial charge in [-0.05, 0) is 37.6 Å². The molecule has 0 saturated heterocycles. The molecule has 2 amide bonds. The molecule has 28 heavy (non-hydrogen) atoms. The number of nitrogens with zero attached hydrogens (tertiary/aromatic N) is 1. The summed E-state index contributed by atoms with van der Waals surface area (Å²) in [4.78, 5) is 26.9. The zero-order valence-corrected chi connectivity index (χ0v) is 17.9. The fraction of sp³-hybridized carbons (Fsp3) is 0.333. The number of amides is 2. The summed E-state index contributed by atoms with van der Waals surface area (Å²) < 4.78 is 0. The van der Waals surface area contributed by atoms with Crippen molar-refractivity contribution in [1.82, 2.24) is 4.90 Å². The maximum atomic E-state index is 13.0. The Bertz CT molecular complexity index is 797. The van der Waals surface area contributed by atoms with Crippen molar-refractivity contribution in [2.75, 3.05) is 11.9 Å². The molecule has 0 fully saturated rings. The number of hydrogen-bond donors (Lipinski definition) is 2. The molecule has 0 saturated carbocycles. The van der Waals surface area contributed by atoms with Gasteiger partial charge in [0.1, 0.15) is 0 Å². The minimum Gasteiger partial charge on any atom is -0.335 e. The molecular formula is C21H27Cl2N3O2. The van der Waals surface area contributed by atoms with Gasteiger partial charge in [-0.25, -0.2) is 0 Å². The van der Waals surface area contributed by atoms with Gasteiger partial charge in [-0.1, -0.05) is 48.9 Å². The van der Waals surface area contributed by atoms with Gasteiger partial charge in [0, 0.05) is 24.8 Å². The van der Waals surface area contributed by atoms with Gasteiger partial charge in [0.2, 0.25) is 5.91 Å². The van der Waals surface area contributed by atoms with E-state index in [2.05, 4.69) is 5.32 Å². The number of carbonyl (C=O) groups excluding carboxylic acids is 2. The molecule has 0 radical (unpaired) electrons. The van der Waals surface area contributed by atoms with Crippen molar-refractivity contribution in [3.8, 4) is 0 Å². The third kappa shape index (κ3) is 6.23. The number of nitrogens with two attached hydrogens (primary N) is 1. The van der Waals surface area contributed by atoms with Crippen LogP contribution in [0.25, 0.3) is 0 Å². The largest absolute Gasteiger partial charge is 0.335 e. The highest BCUT2D eigenvalue weighted by molar-refractivity contribution is 6.34. The summed E-state index contributed by atoms with van der Waals surface area (Å²) in [6.45, 7) is 6.50. The van der Waals surface area contributed by atoms with Crippen LogP contribution >= 0.6 is 24.0 Å². The molecule has 0 aliphatic rings. The second-order valence-corrected chi connectivity index (χ2v) is 7.04. The Labute approximate surface area is 177 Å². The van der Waals surface area contributed by atoms with Crippen LogP contribution in [0.5, 0.6) is 0 Å². The van der Waals surface area contributed by atoms with Crippen LogP contribution in [-0.4, -0.2) is 29.3 Å². The Hall–Kier alpha value is -2.08. The average molecular weight is 424 g/mol. The molecule has 0 bridgehead atoms. The molecule has 5 nitrogen and oxygen atoms in total. The van der Waals surface area contributed by atoms with Crippen LogP contribution in [0.1, 0.15) is 36.7 Å². The van der Waals surface area contributed by atoms with Crippen molar-refractivity contribution < 1.29 is 9.59 Å².